The smallest absolute Gasteiger partial charge is 0.243 e. The molecular formula is C28H49N11O4S. The molecule has 0 saturated heterocycles. The van der Waals surface area contributed by atoms with Crippen LogP contribution in [0.2, 0.25) is 0 Å². The lowest BCUT2D eigenvalue weighted by Gasteiger charge is -2.18. The third-order valence-electron chi connectivity index (χ3n) is 5.72. The number of aliphatic imine (C=N–C) groups is 1. The maximum Gasteiger partial charge on any atom is 0.243 e. The Bertz CT molecular complexity index is 1230. The quantitative estimate of drug-likeness (QED) is 0.0506. The molecule has 0 aliphatic carbocycles. The molecule has 2 unspecified atom stereocenters. The second-order valence-electron chi connectivity index (χ2n) is 9.87. The SMILES string of the molecule is Cc1ccccc1.Cc1cn(C)c(=S)[nH]1.NCCCCC(NC(=O)CNC(=O)C(N)CCCN=C(N)N)C(=O)NCC(N)=O. The van der Waals surface area contributed by atoms with Crippen LogP contribution in [0.5, 0.6) is 0 Å². The minimum Gasteiger partial charge on any atom is -0.370 e. The number of benzene rings is 1. The molecule has 2 aromatic rings. The third-order valence-corrected chi connectivity index (χ3v) is 6.11. The molecule has 1 aromatic heterocycles. The predicted octanol–water partition coefficient (Wildman–Crippen LogP) is -0.915. The molecule has 15 nitrogen and oxygen atoms in total. The van der Waals surface area contributed by atoms with Crippen molar-refractivity contribution in [1.82, 2.24) is 25.5 Å². The summed E-state index contributed by atoms with van der Waals surface area (Å²) in [5, 5.41) is 7.26. The molecule has 1 heterocycles. The lowest BCUT2D eigenvalue weighted by Crippen LogP contribution is -2.51. The Balaban J connectivity index is 0.000000980. The summed E-state index contributed by atoms with van der Waals surface area (Å²) >= 11 is 4.88. The maximum absolute atomic E-state index is 12.1. The van der Waals surface area contributed by atoms with Gasteiger partial charge in [-0.05, 0) is 64.7 Å². The summed E-state index contributed by atoms with van der Waals surface area (Å²) in [7, 11) is 1.92. The Morgan fingerprint density at radius 1 is 0.955 bits per heavy atom. The highest BCUT2D eigenvalue weighted by Crippen LogP contribution is 2.01. The first-order valence-corrected chi connectivity index (χ1v) is 14.6. The van der Waals surface area contributed by atoms with E-state index in [-0.39, 0.29) is 19.0 Å². The van der Waals surface area contributed by atoms with Crippen LogP contribution in [-0.4, -0.2) is 77.4 Å². The van der Waals surface area contributed by atoms with Gasteiger partial charge in [-0.25, -0.2) is 0 Å². The number of amides is 4. The molecule has 2 atom stereocenters. The molecule has 0 radical (unpaired) electrons. The van der Waals surface area contributed by atoms with Gasteiger partial charge in [0.15, 0.2) is 10.7 Å². The number of rotatable bonds is 15. The molecule has 0 aliphatic heterocycles. The monoisotopic (exact) mass is 635 g/mol. The van der Waals surface area contributed by atoms with Gasteiger partial charge in [0.2, 0.25) is 23.6 Å². The number of guanidine groups is 1. The molecule has 0 aliphatic rings. The molecule has 1 aromatic carbocycles. The van der Waals surface area contributed by atoms with Crippen molar-refractivity contribution in [3.63, 3.8) is 0 Å². The van der Waals surface area contributed by atoms with Crippen LogP contribution in [0.3, 0.4) is 0 Å². The van der Waals surface area contributed by atoms with Crippen molar-refractivity contribution in [3.8, 4) is 0 Å². The first-order chi connectivity index (χ1) is 20.8. The van der Waals surface area contributed by atoms with Crippen LogP contribution in [-0.2, 0) is 26.2 Å². The van der Waals surface area contributed by atoms with E-state index in [1.54, 1.807) is 0 Å². The van der Waals surface area contributed by atoms with Crippen molar-refractivity contribution in [2.45, 2.75) is 58.0 Å². The van der Waals surface area contributed by atoms with Crippen LogP contribution in [0, 0.1) is 18.6 Å². The predicted molar refractivity (Wildman–Crippen MR) is 174 cm³/mol. The summed E-state index contributed by atoms with van der Waals surface area (Å²) in [5.41, 5.74) is 29.0. The fraction of sp³-hybridized carbons (Fsp3) is 0.500. The fourth-order valence-electron chi connectivity index (χ4n) is 3.43. The number of aryl methyl sites for hydroxylation is 3. The Morgan fingerprint density at radius 2 is 1.59 bits per heavy atom. The van der Waals surface area contributed by atoms with Gasteiger partial charge < -0.3 is 54.2 Å². The van der Waals surface area contributed by atoms with Crippen LogP contribution in [0.1, 0.15) is 43.4 Å². The minimum atomic E-state index is -0.876. The van der Waals surface area contributed by atoms with Crippen LogP contribution in [0.25, 0.3) is 0 Å². The number of nitrogens with one attached hydrogen (secondary N) is 4. The van der Waals surface area contributed by atoms with Crippen molar-refractivity contribution in [3.05, 3.63) is 52.6 Å². The van der Waals surface area contributed by atoms with E-state index in [2.05, 4.69) is 45.0 Å². The number of aromatic amines is 1. The van der Waals surface area contributed by atoms with Gasteiger partial charge >= 0.3 is 0 Å². The largest absolute Gasteiger partial charge is 0.370 e. The van der Waals surface area contributed by atoms with E-state index in [0.29, 0.717) is 45.2 Å². The maximum atomic E-state index is 12.1. The molecule has 4 amide bonds. The minimum absolute atomic E-state index is 0.0411. The van der Waals surface area contributed by atoms with E-state index in [9.17, 15) is 19.2 Å². The van der Waals surface area contributed by atoms with E-state index in [0.717, 1.165) is 10.5 Å². The van der Waals surface area contributed by atoms with E-state index < -0.39 is 35.7 Å². The van der Waals surface area contributed by atoms with Crippen LogP contribution in [0.15, 0.2) is 41.5 Å². The summed E-state index contributed by atoms with van der Waals surface area (Å²) in [6.45, 7) is 4.16. The molecule has 16 heteroatoms. The van der Waals surface area contributed by atoms with Gasteiger partial charge in [-0.1, -0.05) is 35.9 Å². The van der Waals surface area contributed by atoms with Gasteiger partial charge in [0.05, 0.1) is 19.1 Å². The Kier molecular flexibility index (Phi) is 21.0. The fourth-order valence-corrected chi connectivity index (χ4v) is 3.64. The topological polar surface area (TPSA) is 268 Å². The molecule has 14 N–H and O–H groups in total. The number of H-pyrrole nitrogens is 1. The van der Waals surface area contributed by atoms with Crippen molar-refractivity contribution in [2.75, 3.05) is 26.2 Å². The number of carbonyl (C=O) groups is 4. The zero-order valence-corrected chi connectivity index (χ0v) is 26.6. The van der Waals surface area contributed by atoms with Gasteiger partial charge in [0, 0.05) is 25.5 Å². The normalized spacial score (nSPS) is 11.3. The first-order valence-electron chi connectivity index (χ1n) is 14.1. The lowest BCUT2D eigenvalue weighted by atomic mass is 10.1. The second-order valence-corrected chi connectivity index (χ2v) is 10.3. The van der Waals surface area contributed by atoms with E-state index in [1.165, 1.54) is 5.56 Å². The van der Waals surface area contributed by atoms with E-state index in [1.807, 2.05) is 42.9 Å². The number of carbonyl (C=O) groups excluding carboxylic acids is 4. The van der Waals surface area contributed by atoms with E-state index in [4.69, 9.17) is 40.9 Å². The highest BCUT2D eigenvalue weighted by molar-refractivity contribution is 7.71. The average Bonchev–Trinajstić information content (AvgIpc) is 3.26. The highest BCUT2D eigenvalue weighted by atomic mass is 32.1. The molecule has 0 saturated carbocycles. The summed E-state index contributed by atoms with van der Waals surface area (Å²) in [5.74, 6) is -2.37. The van der Waals surface area contributed by atoms with Crippen molar-refractivity contribution < 1.29 is 19.2 Å². The highest BCUT2D eigenvalue weighted by Gasteiger charge is 2.21. The molecule has 0 fully saturated rings. The molecule has 0 bridgehead atoms. The second kappa shape index (κ2) is 23.2. The number of unbranched alkanes of at least 4 members (excludes halogenated alkanes) is 1. The Morgan fingerprint density at radius 3 is 2.05 bits per heavy atom. The van der Waals surface area contributed by atoms with Crippen molar-refractivity contribution >= 4 is 41.8 Å². The van der Waals surface area contributed by atoms with Crippen molar-refractivity contribution in [1.29, 1.82) is 0 Å². The number of nitrogens with two attached hydrogens (primary N) is 5. The average molecular weight is 636 g/mol. The number of imidazole rings is 1. The van der Waals surface area contributed by atoms with Crippen LogP contribution < -0.4 is 44.6 Å². The van der Waals surface area contributed by atoms with Gasteiger partial charge in [0.1, 0.15) is 6.04 Å². The molecule has 0 spiro atoms. The number of aromatic nitrogens is 2. The summed E-state index contributed by atoms with van der Waals surface area (Å²) in [6.07, 6.45) is 4.39. The number of hydrogen-bond donors (Lipinski definition) is 9. The molecule has 246 valence electrons. The lowest BCUT2D eigenvalue weighted by molar-refractivity contribution is -0.131. The van der Waals surface area contributed by atoms with Gasteiger partial charge in [-0.3, -0.25) is 24.2 Å². The Hall–Kier alpha value is -4.28. The number of primary amides is 1. The van der Waals surface area contributed by atoms with Crippen LogP contribution in [0.4, 0.5) is 0 Å². The molecule has 44 heavy (non-hydrogen) atoms. The van der Waals surface area contributed by atoms with Gasteiger partial charge in [-0.15, -0.1) is 0 Å². The summed E-state index contributed by atoms with van der Waals surface area (Å²) in [4.78, 5) is 53.7. The Labute approximate surface area is 263 Å². The molecule has 2 rings (SSSR count). The van der Waals surface area contributed by atoms with Gasteiger partial charge in [-0.2, -0.15) is 0 Å². The summed E-state index contributed by atoms with van der Waals surface area (Å²) < 4.78 is 2.66. The van der Waals surface area contributed by atoms with E-state index >= 15 is 0 Å². The molecular weight excluding hydrogens is 586 g/mol. The third kappa shape index (κ3) is 20.6. The van der Waals surface area contributed by atoms with Gasteiger partial charge in [0.25, 0.3) is 0 Å². The number of nitrogens with zero attached hydrogens (tertiary/aromatic N) is 2. The van der Waals surface area contributed by atoms with Crippen LogP contribution >= 0.6 is 12.2 Å². The zero-order chi connectivity index (χ0) is 33.5. The number of hydrogen-bond acceptors (Lipinski definition) is 8. The zero-order valence-electron chi connectivity index (χ0n) is 25.8. The summed E-state index contributed by atoms with van der Waals surface area (Å²) in [6, 6.07) is 8.56. The standard InChI is InChI=1S/C16H33N9O4.C7H8.C5H8N2S/c17-6-2-1-5-11(15(29)23-8-12(19)26)25-13(27)9-24-14(28)10(18)4-3-7-22-16(20)21;1-7-5-3-2-4-6-7;1-4-3-7(2)5(8)6-4/h10-11H,1-9,17-18H2,(H2,19,26)(H,23,29)(H,24,28)(H,25,27)(H4,20,21,22);2-6H,1H3;3H,1-2H3,(H,6,8). The first kappa shape index (κ1) is 39.7. The van der Waals surface area contributed by atoms with Crippen molar-refractivity contribution in [2.24, 2.45) is 40.7 Å².